The largest absolute Gasteiger partial charge is 0.496 e. The van der Waals surface area contributed by atoms with Crippen molar-refractivity contribution in [2.75, 3.05) is 21.3 Å². The zero-order valence-corrected chi connectivity index (χ0v) is 18.3. The Morgan fingerprint density at radius 2 is 1.58 bits per heavy atom. The molecule has 166 valence electrons. The Bertz CT molecular complexity index is 915. The molecule has 0 fully saturated rings. The number of benzene rings is 2. The van der Waals surface area contributed by atoms with Gasteiger partial charge in [0.15, 0.2) is 0 Å². The van der Waals surface area contributed by atoms with Crippen molar-refractivity contribution in [2.45, 2.75) is 26.3 Å². The first-order chi connectivity index (χ1) is 14.8. The van der Waals surface area contributed by atoms with Crippen molar-refractivity contribution in [2.24, 2.45) is 11.1 Å². The van der Waals surface area contributed by atoms with Crippen LogP contribution in [0.5, 0.6) is 11.5 Å². The Balaban J connectivity index is 2.23. The summed E-state index contributed by atoms with van der Waals surface area (Å²) in [5.74, 6) is -0.587. The number of hydrogen-bond acceptors (Lipinski definition) is 6. The maximum absolute atomic E-state index is 12.4. The molecule has 0 aliphatic rings. The van der Waals surface area contributed by atoms with E-state index in [0.29, 0.717) is 11.5 Å². The summed E-state index contributed by atoms with van der Waals surface area (Å²) in [6, 6.07) is 11.8. The molecule has 2 aromatic carbocycles. The monoisotopic (exact) mass is 428 g/mol. The molecule has 0 saturated carbocycles. The van der Waals surface area contributed by atoms with Crippen molar-refractivity contribution in [3.63, 3.8) is 0 Å². The molecule has 8 nitrogen and oxygen atoms in total. The Morgan fingerprint density at radius 3 is 2.03 bits per heavy atom. The third-order valence-electron chi connectivity index (χ3n) is 4.68. The van der Waals surface area contributed by atoms with Crippen LogP contribution in [0.2, 0.25) is 0 Å². The molecule has 0 aliphatic carbocycles. The lowest BCUT2D eigenvalue weighted by atomic mass is 9.99. The molecule has 2 N–H and O–H groups in total. The van der Waals surface area contributed by atoms with Crippen LogP contribution in [-0.2, 0) is 20.8 Å². The van der Waals surface area contributed by atoms with Crippen LogP contribution in [0.3, 0.4) is 0 Å². The number of carboxylic acid groups (broad SMARTS) is 1. The standard InChI is InChI=1S/C23H28N2O6/c1-14(2)21(25-31-5)22(26)24-17(23(27)28)13-15-9-11-16(12-10-15)20-18(29-3)7-6-8-19(20)30-4/h6-12,14,17H,13H2,1-5H3,(H,24,26)(H,27,28)/t17-/m0/s1. The molecular weight excluding hydrogens is 400 g/mol. The van der Waals surface area contributed by atoms with E-state index in [1.54, 1.807) is 28.1 Å². The number of aliphatic carboxylic acids is 1. The third kappa shape index (κ3) is 5.97. The Kier molecular flexibility index (Phi) is 8.43. The molecule has 2 aromatic rings. The number of methoxy groups -OCH3 is 2. The number of oxime groups is 1. The Hall–Kier alpha value is -3.55. The number of nitrogens with one attached hydrogen (secondary N) is 1. The highest BCUT2D eigenvalue weighted by atomic mass is 16.6. The van der Waals surface area contributed by atoms with Crippen molar-refractivity contribution < 1.29 is 29.0 Å². The first kappa shape index (κ1) is 23.7. The molecule has 0 spiro atoms. The van der Waals surface area contributed by atoms with Crippen LogP contribution in [0.25, 0.3) is 11.1 Å². The predicted octanol–water partition coefficient (Wildman–Crippen LogP) is 3.14. The minimum Gasteiger partial charge on any atom is -0.496 e. The van der Waals surface area contributed by atoms with Crippen molar-refractivity contribution >= 4 is 17.6 Å². The van der Waals surface area contributed by atoms with Gasteiger partial charge in [-0.3, -0.25) is 4.79 Å². The van der Waals surface area contributed by atoms with Crippen LogP contribution in [0.4, 0.5) is 0 Å². The van der Waals surface area contributed by atoms with Crippen LogP contribution < -0.4 is 14.8 Å². The number of carbonyl (C=O) groups excluding carboxylic acids is 1. The van der Waals surface area contributed by atoms with E-state index in [0.717, 1.165) is 16.7 Å². The zero-order chi connectivity index (χ0) is 23.0. The molecule has 8 heteroatoms. The van der Waals surface area contributed by atoms with Gasteiger partial charge in [0.05, 0.1) is 19.8 Å². The molecule has 31 heavy (non-hydrogen) atoms. The SMILES string of the molecule is CON=C(C(=O)N[C@@H](Cc1ccc(-c2c(OC)cccc2OC)cc1)C(=O)O)C(C)C. The van der Waals surface area contributed by atoms with Gasteiger partial charge in [-0.2, -0.15) is 0 Å². The molecule has 0 saturated heterocycles. The summed E-state index contributed by atoms with van der Waals surface area (Å²) in [5, 5.41) is 15.8. The number of rotatable bonds is 10. The summed E-state index contributed by atoms with van der Waals surface area (Å²) in [6.45, 7) is 3.55. The molecule has 1 atom stereocenters. The number of carboxylic acids is 1. The van der Waals surface area contributed by atoms with E-state index >= 15 is 0 Å². The maximum Gasteiger partial charge on any atom is 0.326 e. The van der Waals surface area contributed by atoms with Crippen molar-refractivity contribution in [3.8, 4) is 22.6 Å². The molecule has 0 aliphatic heterocycles. The number of nitrogens with zero attached hydrogens (tertiary/aromatic N) is 1. The summed E-state index contributed by atoms with van der Waals surface area (Å²) >= 11 is 0. The fourth-order valence-corrected chi connectivity index (χ4v) is 3.12. The van der Waals surface area contributed by atoms with Crippen LogP contribution >= 0.6 is 0 Å². The number of ether oxygens (including phenoxy) is 2. The molecule has 0 radical (unpaired) electrons. The van der Waals surface area contributed by atoms with Crippen LogP contribution in [0.1, 0.15) is 19.4 Å². The summed E-state index contributed by atoms with van der Waals surface area (Å²) in [4.78, 5) is 28.9. The van der Waals surface area contributed by atoms with Crippen LogP contribution in [0.15, 0.2) is 47.6 Å². The minimum absolute atomic E-state index is 0.114. The lowest BCUT2D eigenvalue weighted by Crippen LogP contribution is -2.46. The molecular formula is C23H28N2O6. The average molecular weight is 428 g/mol. The van der Waals surface area contributed by atoms with Gasteiger partial charge in [0, 0.05) is 12.3 Å². The van der Waals surface area contributed by atoms with Crippen LogP contribution in [-0.4, -0.2) is 50.1 Å². The average Bonchev–Trinajstić information content (AvgIpc) is 2.76. The summed E-state index contributed by atoms with van der Waals surface area (Å²) in [6.07, 6.45) is 0.114. The van der Waals surface area contributed by atoms with Gasteiger partial charge in [-0.1, -0.05) is 49.3 Å². The fraction of sp³-hybridized carbons (Fsp3) is 0.348. The van der Waals surface area contributed by atoms with Gasteiger partial charge in [0.25, 0.3) is 5.91 Å². The summed E-state index contributed by atoms with van der Waals surface area (Å²) < 4.78 is 10.9. The lowest BCUT2D eigenvalue weighted by molar-refractivity contribution is -0.141. The van der Waals surface area contributed by atoms with Gasteiger partial charge in [-0.05, 0) is 23.3 Å². The van der Waals surface area contributed by atoms with Gasteiger partial charge >= 0.3 is 5.97 Å². The van der Waals surface area contributed by atoms with Gasteiger partial charge in [-0.15, -0.1) is 0 Å². The van der Waals surface area contributed by atoms with Crippen molar-refractivity contribution in [1.82, 2.24) is 5.32 Å². The second-order valence-electron chi connectivity index (χ2n) is 7.12. The van der Waals surface area contributed by atoms with Gasteiger partial charge < -0.3 is 24.7 Å². The number of carbonyl (C=O) groups is 2. The summed E-state index contributed by atoms with van der Waals surface area (Å²) in [5.41, 5.74) is 2.55. The smallest absolute Gasteiger partial charge is 0.326 e. The number of amides is 1. The van der Waals surface area contributed by atoms with E-state index in [-0.39, 0.29) is 18.1 Å². The highest BCUT2D eigenvalue weighted by Crippen LogP contribution is 2.38. The maximum atomic E-state index is 12.4. The highest BCUT2D eigenvalue weighted by molar-refractivity contribution is 6.39. The normalized spacial score (nSPS) is 12.3. The second kappa shape index (κ2) is 11.0. The molecule has 2 rings (SSSR count). The molecule has 0 unspecified atom stereocenters. The van der Waals surface area contributed by atoms with Gasteiger partial charge in [0.1, 0.15) is 30.4 Å². The van der Waals surface area contributed by atoms with E-state index in [9.17, 15) is 14.7 Å². The van der Waals surface area contributed by atoms with E-state index in [1.807, 2.05) is 42.5 Å². The third-order valence-corrected chi connectivity index (χ3v) is 4.68. The minimum atomic E-state index is -1.13. The molecule has 1 amide bonds. The van der Waals surface area contributed by atoms with E-state index < -0.39 is 17.9 Å². The van der Waals surface area contributed by atoms with Crippen molar-refractivity contribution in [3.05, 3.63) is 48.0 Å². The predicted molar refractivity (Wildman–Crippen MR) is 118 cm³/mol. The first-order valence-electron chi connectivity index (χ1n) is 9.77. The molecule has 0 heterocycles. The molecule has 0 bridgehead atoms. The first-order valence-corrected chi connectivity index (χ1v) is 9.77. The van der Waals surface area contributed by atoms with E-state index in [1.165, 1.54) is 7.11 Å². The lowest BCUT2D eigenvalue weighted by Gasteiger charge is -2.17. The number of hydrogen-bond donors (Lipinski definition) is 2. The zero-order valence-electron chi connectivity index (χ0n) is 18.3. The Morgan fingerprint density at radius 1 is 1.00 bits per heavy atom. The van der Waals surface area contributed by atoms with Gasteiger partial charge in [-0.25, -0.2) is 4.79 Å². The van der Waals surface area contributed by atoms with E-state index in [4.69, 9.17) is 14.3 Å². The Labute approximate surface area is 181 Å². The van der Waals surface area contributed by atoms with Crippen molar-refractivity contribution in [1.29, 1.82) is 0 Å². The second-order valence-corrected chi connectivity index (χ2v) is 7.12. The van der Waals surface area contributed by atoms with E-state index in [2.05, 4.69) is 10.5 Å². The molecule has 0 aromatic heterocycles. The highest BCUT2D eigenvalue weighted by Gasteiger charge is 2.25. The van der Waals surface area contributed by atoms with Crippen LogP contribution in [0, 0.1) is 5.92 Å². The topological polar surface area (TPSA) is 106 Å². The van der Waals surface area contributed by atoms with Gasteiger partial charge in [0.2, 0.25) is 0 Å². The quantitative estimate of drug-likeness (QED) is 0.445. The summed E-state index contributed by atoms with van der Waals surface area (Å²) in [7, 11) is 4.51. The fourth-order valence-electron chi connectivity index (χ4n) is 3.12.